The number of aryl methyl sites for hydroxylation is 1. The number of alkyl halides is 1. The predicted molar refractivity (Wildman–Crippen MR) is 111 cm³/mol. The maximum absolute atomic E-state index is 6.46. The van der Waals surface area contributed by atoms with E-state index in [4.69, 9.17) is 16.6 Å². The number of benzene rings is 1. The second-order valence-corrected chi connectivity index (χ2v) is 10.3. The van der Waals surface area contributed by atoms with Gasteiger partial charge in [0.15, 0.2) is 0 Å². The van der Waals surface area contributed by atoms with Gasteiger partial charge in [-0.1, -0.05) is 0 Å². The van der Waals surface area contributed by atoms with E-state index < -0.39 is 21.2 Å². The van der Waals surface area contributed by atoms with Crippen LogP contribution >= 0.6 is 27.5 Å². The molecule has 0 bridgehead atoms. The predicted octanol–water partition coefficient (Wildman–Crippen LogP) is 1.91. The van der Waals surface area contributed by atoms with Gasteiger partial charge < -0.3 is 0 Å². The van der Waals surface area contributed by atoms with E-state index in [0.29, 0.717) is 6.42 Å². The van der Waals surface area contributed by atoms with Crippen LogP contribution in [-0.4, -0.2) is 19.0 Å². The number of nitrogens with zero attached hydrogens (tertiary/aromatic N) is 3. The number of rotatable bonds is 3. The van der Waals surface area contributed by atoms with Gasteiger partial charge in [-0.15, -0.1) is 0 Å². The third-order valence-electron chi connectivity index (χ3n) is 4.21. The number of halogens is 3. The summed E-state index contributed by atoms with van der Waals surface area (Å²) in [4.78, 5) is 13.8. The average molecular weight is 555 g/mol. The first-order valence-electron chi connectivity index (χ1n) is 8.38. The summed E-state index contributed by atoms with van der Waals surface area (Å²) in [7, 11) is 0. The molecule has 0 saturated heterocycles. The van der Waals surface area contributed by atoms with Crippen molar-refractivity contribution in [2.45, 2.75) is 17.4 Å². The number of nitrogens with one attached hydrogen (secondary N) is 1. The topological polar surface area (TPSA) is 49.6 Å². The minimum absolute atomic E-state index is 0.140. The van der Waals surface area contributed by atoms with Crippen molar-refractivity contribution in [3.05, 3.63) is 80.7 Å². The van der Waals surface area contributed by atoms with Crippen LogP contribution in [0.1, 0.15) is 11.1 Å². The van der Waals surface area contributed by atoms with Crippen LogP contribution in [0.25, 0.3) is 0 Å². The van der Waals surface area contributed by atoms with Gasteiger partial charge in [0, 0.05) is 0 Å². The molecule has 7 heteroatoms. The second-order valence-electron chi connectivity index (χ2n) is 6.11. The first-order chi connectivity index (χ1) is 13.1. The molecular weight excluding hydrogens is 539 g/mol. The van der Waals surface area contributed by atoms with Crippen LogP contribution in [0.2, 0.25) is 5.02 Å². The fraction of sp³-hybridized carbons (Fsp3) is 0.150. The normalized spacial score (nSPS) is 20.6. The molecule has 2 aliphatic rings. The Hall–Kier alpha value is -1.51. The van der Waals surface area contributed by atoms with Gasteiger partial charge in [0.2, 0.25) is 0 Å². The van der Waals surface area contributed by atoms with E-state index in [1.54, 1.807) is 6.20 Å². The Morgan fingerprint density at radius 2 is 2.15 bits per heavy atom. The molecule has 0 aliphatic carbocycles. The van der Waals surface area contributed by atoms with E-state index in [0.717, 1.165) is 36.0 Å². The molecule has 0 spiro atoms. The molecule has 3 heterocycles. The summed E-state index contributed by atoms with van der Waals surface area (Å²) in [6, 6.07) is 11.8. The van der Waals surface area contributed by atoms with Gasteiger partial charge in [-0.05, 0) is 0 Å². The third kappa shape index (κ3) is 4.33. The zero-order chi connectivity index (χ0) is 18.8. The third-order valence-corrected chi connectivity index (χ3v) is 7.92. The van der Waals surface area contributed by atoms with Gasteiger partial charge >= 0.3 is 183 Å². The fourth-order valence-electron chi connectivity index (χ4n) is 2.84. The molecule has 0 amide bonds. The second kappa shape index (κ2) is 8.24. The van der Waals surface area contributed by atoms with Crippen LogP contribution in [0.4, 0.5) is 5.82 Å². The van der Waals surface area contributed by atoms with Gasteiger partial charge in [-0.3, -0.25) is 0 Å². The minimum atomic E-state index is -0.442. The zero-order valence-electron chi connectivity index (χ0n) is 14.5. The zero-order valence-corrected chi connectivity index (χ0v) is 19.0. The molecule has 4 nitrogen and oxygen atoms in total. The van der Waals surface area contributed by atoms with E-state index in [2.05, 4.69) is 50.3 Å². The number of allylic oxidation sites excluding steroid dienone is 3. The molecule has 0 radical (unpaired) electrons. The van der Waals surface area contributed by atoms with Gasteiger partial charge in [0.25, 0.3) is 0 Å². The molecule has 2 aromatic rings. The Morgan fingerprint density at radius 1 is 1.26 bits per heavy atom. The van der Waals surface area contributed by atoms with Crippen molar-refractivity contribution in [2.75, 3.05) is 0 Å². The molecule has 138 valence electrons. The summed E-state index contributed by atoms with van der Waals surface area (Å²) < 4.78 is 2.20. The fourth-order valence-corrected chi connectivity index (χ4v) is 6.66. The Labute approximate surface area is 181 Å². The van der Waals surface area contributed by atoms with Crippen LogP contribution in [-0.2, 0) is 6.42 Å². The van der Waals surface area contributed by atoms with Crippen molar-refractivity contribution >= 4 is 43.3 Å². The average Bonchev–Trinajstić information content (AvgIpc) is 2.89. The molecule has 0 fully saturated rings. The van der Waals surface area contributed by atoms with E-state index in [1.807, 2.05) is 36.5 Å². The van der Waals surface area contributed by atoms with E-state index in [9.17, 15) is 0 Å². The number of fused-ring (bicyclic) bond motifs is 1. The van der Waals surface area contributed by atoms with Crippen molar-refractivity contribution in [1.82, 2.24) is 10.3 Å². The quantitative estimate of drug-likeness (QED) is 0.358. The Morgan fingerprint density at radius 3 is 2.93 bits per heavy atom. The Balaban J connectivity index is 1.73. The number of hydrogen-bond acceptors (Lipinski definition) is 4. The van der Waals surface area contributed by atoms with Crippen molar-refractivity contribution in [3.63, 3.8) is 0 Å². The summed E-state index contributed by atoms with van der Waals surface area (Å²) >= 11 is 9.64. The van der Waals surface area contributed by atoms with Crippen LogP contribution in [0, 0.1) is 6.92 Å². The molecule has 1 aromatic heterocycles. The van der Waals surface area contributed by atoms with E-state index in [1.165, 1.54) is 5.56 Å². The van der Waals surface area contributed by atoms with Crippen LogP contribution < -0.4 is 26.5 Å². The SMILES string of the molecule is Cc1cccc(Cl)c1CC1=CC(=Nc2ccccn2)[I-][C@@H]2N=CC(Br)=C2N1. The summed E-state index contributed by atoms with van der Waals surface area (Å²) in [5.74, 6) is 0.727. The monoisotopic (exact) mass is 553 g/mol. The van der Waals surface area contributed by atoms with Crippen molar-refractivity contribution in [1.29, 1.82) is 0 Å². The number of pyridine rings is 1. The van der Waals surface area contributed by atoms with Crippen molar-refractivity contribution in [3.8, 4) is 0 Å². The summed E-state index contributed by atoms with van der Waals surface area (Å²) in [5.41, 5.74) is 4.49. The van der Waals surface area contributed by atoms with Crippen LogP contribution in [0.3, 0.4) is 0 Å². The number of hydrogen-bond donors (Lipinski definition) is 1. The van der Waals surface area contributed by atoms with Gasteiger partial charge in [-0.25, -0.2) is 0 Å². The first-order valence-corrected chi connectivity index (χ1v) is 11.9. The number of aliphatic imine (C=N–C) groups is 2. The standard InChI is InChI=1S/C20H16BrClIN4/c1-12-5-4-6-16(22)14(12)9-13-10-17(27-18-7-2-3-8-24-18)23-20-19(26-13)15(21)11-25-20/h2-8,10-11,20,26H,9H2,1H3/q-1/t20-/m1/s1. The Kier molecular flexibility index (Phi) is 5.75. The van der Waals surface area contributed by atoms with Gasteiger partial charge in [0.05, 0.1) is 0 Å². The number of aromatic nitrogens is 1. The van der Waals surface area contributed by atoms with Crippen molar-refractivity contribution < 1.29 is 21.2 Å². The van der Waals surface area contributed by atoms with Gasteiger partial charge in [-0.2, -0.15) is 0 Å². The molecule has 0 saturated carbocycles. The molecule has 1 atom stereocenters. The molecule has 0 unspecified atom stereocenters. The Bertz CT molecular complexity index is 978. The molecule has 1 N–H and O–H groups in total. The van der Waals surface area contributed by atoms with E-state index in [-0.39, 0.29) is 4.05 Å². The summed E-state index contributed by atoms with van der Waals surface area (Å²) in [6.07, 6.45) is 6.51. The molecule has 1 aromatic carbocycles. The molecule has 4 rings (SSSR count). The summed E-state index contributed by atoms with van der Waals surface area (Å²) in [5, 5.41) is 4.37. The molecule has 2 aliphatic heterocycles. The molecular formula is C20H16BrClIN4-. The first kappa shape index (κ1) is 18.8. The van der Waals surface area contributed by atoms with Crippen LogP contribution in [0.5, 0.6) is 0 Å². The summed E-state index contributed by atoms with van der Waals surface area (Å²) in [6.45, 7) is 2.09. The maximum atomic E-state index is 6.46. The van der Waals surface area contributed by atoms with Crippen molar-refractivity contribution in [2.24, 2.45) is 9.98 Å². The molecule has 27 heavy (non-hydrogen) atoms. The van der Waals surface area contributed by atoms with E-state index >= 15 is 0 Å². The van der Waals surface area contributed by atoms with Gasteiger partial charge in [0.1, 0.15) is 0 Å². The van der Waals surface area contributed by atoms with Crippen LogP contribution in [0.15, 0.2) is 74.5 Å².